The van der Waals surface area contributed by atoms with Crippen molar-refractivity contribution >= 4 is 0 Å². The molecule has 0 aliphatic heterocycles. The van der Waals surface area contributed by atoms with Crippen molar-refractivity contribution in [2.75, 3.05) is 0 Å². The quantitative estimate of drug-likeness (QED) is 0.550. The highest BCUT2D eigenvalue weighted by Gasteiger charge is 2.26. The zero-order valence-electron chi connectivity index (χ0n) is 7.76. The Bertz CT molecular complexity index is 176. The van der Waals surface area contributed by atoms with E-state index < -0.39 is 0 Å². The highest BCUT2D eigenvalue weighted by molar-refractivity contribution is 5.02. The van der Waals surface area contributed by atoms with Gasteiger partial charge in [0.05, 0.1) is 0 Å². The van der Waals surface area contributed by atoms with Crippen molar-refractivity contribution in [1.82, 2.24) is 0 Å². The molecule has 0 aromatic carbocycles. The fraction of sp³-hybridized carbons (Fsp3) is 0.500. The Morgan fingerprint density at radius 1 is 1.17 bits per heavy atom. The van der Waals surface area contributed by atoms with Crippen LogP contribution in [-0.2, 0) is 0 Å². The Hall–Kier alpha value is -0.780. The molecule has 0 heteroatoms. The van der Waals surface area contributed by atoms with E-state index >= 15 is 0 Å². The van der Waals surface area contributed by atoms with Crippen LogP contribution in [0.3, 0.4) is 0 Å². The summed E-state index contributed by atoms with van der Waals surface area (Å²) in [5, 5.41) is 0. The maximum Gasteiger partial charge on any atom is -0.0191 e. The van der Waals surface area contributed by atoms with Gasteiger partial charge < -0.3 is 0 Å². The van der Waals surface area contributed by atoms with E-state index in [0.717, 1.165) is 12.8 Å². The van der Waals surface area contributed by atoms with Crippen LogP contribution in [0.1, 0.15) is 32.1 Å². The maximum atomic E-state index is 3.82. The van der Waals surface area contributed by atoms with Crippen LogP contribution in [-0.4, -0.2) is 0 Å². The fourth-order valence-electron chi connectivity index (χ4n) is 2.01. The molecule has 0 N–H and O–H groups in total. The molecule has 0 nitrogen and oxygen atoms in total. The molecule has 0 unspecified atom stereocenters. The molecule has 1 aliphatic carbocycles. The largest absolute Gasteiger partial charge is 0.103 e. The summed E-state index contributed by atoms with van der Waals surface area (Å²) in [7, 11) is 0. The second-order valence-corrected chi connectivity index (χ2v) is 3.70. The minimum atomic E-state index is 0.457. The lowest BCUT2D eigenvalue weighted by atomic mass is 9.72. The summed E-state index contributed by atoms with van der Waals surface area (Å²) in [4.78, 5) is 0. The summed E-state index contributed by atoms with van der Waals surface area (Å²) in [5.41, 5.74) is 0.457. The van der Waals surface area contributed by atoms with Gasteiger partial charge in [0.25, 0.3) is 0 Å². The molecule has 0 aromatic heterocycles. The molecule has 0 amide bonds. The average Bonchev–Trinajstić information content (AvgIpc) is 2.07. The van der Waals surface area contributed by atoms with Gasteiger partial charge in [0.15, 0.2) is 0 Å². The lowest BCUT2D eigenvalue weighted by Crippen LogP contribution is -2.20. The molecule has 0 atom stereocenters. The van der Waals surface area contributed by atoms with Crippen LogP contribution >= 0.6 is 0 Å². The first-order valence-corrected chi connectivity index (χ1v) is 4.70. The van der Waals surface area contributed by atoms with E-state index in [2.05, 4.69) is 25.3 Å². The summed E-state index contributed by atoms with van der Waals surface area (Å²) in [5.74, 6) is 0. The molecule has 0 saturated heterocycles. The SMILES string of the molecule is C=CCC1(CC=C)CC=CCC1. The summed E-state index contributed by atoms with van der Waals surface area (Å²) >= 11 is 0. The van der Waals surface area contributed by atoms with Crippen molar-refractivity contribution in [3.05, 3.63) is 37.5 Å². The van der Waals surface area contributed by atoms with E-state index in [4.69, 9.17) is 0 Å². The van der Waals surface area contributed by atoms with E-state index in [-0.39, 0.29) is 0 Å². The third-order valence-electron chi connectivity index (χ3n) is 2.71. The van der Waals surface area contributed by atoms with Crippen LogP contribution in [0.25, 0.3) is 0 Å². The first kappa shape index (κ1) is 9.31. The molecule has 0 fully saturated rings. The van der Waals surface area contributed by atoms with E-state index in [9.17, 15) is 0 Å². The van der Waals surface area contributed by atoms with E-state index in [1.165, 1.54) is 19.3 Å². The third-order valence-corrected chi connectivity index (χ3v) is 2.71. The first-order valence-electron chi connectivity index (χ1n) is 4.70. The monoisotopic (exact) mass is 162 g/mol. The van der Waals surface area contributed by atoms with Crippen LogP contribution in [0.2, 0.25) is 0 Å². The molecule has 0 heterocycles. The van der Waals surface area contributed by atoms with Crippen molar-refractivity contribution in [3.63, 3.8) is 0 Å². The Labute approximate surface area is 75.7 Å². The van der Waals surface area contributed by atoms with Gasteiger partial charge in [-0.05, 0) is 37.5 Å². The van der Waals surface area contributed by atoms with Gasteiger partial charge in [0.1, 0.15) is 0 Å². The Morgan fingerprint density at radius 3 is 2.25 bits per heavy atom. The highest BCUT2D eigenvalue weighted by atomic mass is 14.3. The normalized spacial score (nSPS) is 20.3. The maximum absolute atomic E-state index is 3.82. The molecule has 1 aliphatic rings. The van der Waals surface area contributed by atoms with E-state index in [1.807, 2.05) is 12.2 Å². The molecule has 0 saturated carbocycles. The Balaban J connectivity index is 2.63. The summed E-state index contributed by atoms with van der Waals surface area (Å²) in [6.07, 6.45) is 14.6. The van der Waals surface area contributed by atoms with Crippen molar-refractivity contribution in [3.8, 4) is 0 Å². The average molecular weight is 162 g/mol. The molecule has 1 rings (SSSR count). The standard InChI is InChI=1S/C12H18/c1-3-8-12(9-4-2)10-6-5-7-11-12/h3-6H,1-2,7-11H2. The van der Waals surface area contributed by atoms with Crippen molar-refractivity contribution in [2.45, 2.75) is 32.1 Å². The van der Waals surface area contributed by atoms with Gasteiger partial charge in [0, 0.05) is 0 Å². The molecule has 0 bridgehead atoms. The summed E-state index contributed by atoms with van der Waals surface area (Å²) in [6, 6.07) is 0. The number of hydrogen-bond donors (Lipinski definition) is 0. The molecule has 66 valence electrons. The molecular formula is C12H18. The van der Waals surface area contributed by atoms with Crippen LogP contribution in [0.5, 0.6) is 0 Å². The number of rotatable bonds is 4. The van der Waals surface area contributed by atoms with Crippen molar-refractivity contribution < 1.29 is 0 Å². The molecule has 12 heavy (non-hydrogen) atoms. The minimum Gasteiger partial charge on any atom is -0.103 e. The second-order valence-electron chi connectivity index (χ2n) is 3.70. The topological polar surface area (TPSA) is 0 Å². The lowest BCUT2D eigenvalue weighted by Gasteiger charge is -2.33. The Kier molecular flexibility index (Phi) is 3.33. The predicted octanol–water partition coefficient (Wildman–Crippen LogP) is 3.87. The van der Waals surface area contributed by atoms with E-state index in [1.54, 1.807) is 0 Å². The van der Waals surface area contributed by atoms with Crippen molar-refractivity contribution in [1.29, 1.82) is 0 Å². The van der Waals surface area contributed by atoms with Gasteiger partial charge in [-0.25, -0.2) is 0 Å². The van der Waals surface area contributed by atoms with Gasteiger partial charge in [0.2, 0.25) is 0 Å². The minimum absolute atomic E-state index is 0.457. The zero-order chi connectivity index (χ0) is 8.86. The third kappa shape index (κ3) is 2.10. The molecular weight excluding hydrogens is 144 g/mol. The first-order chi connectivity index (χ1) is 5.83. The molecule has 0 aromatic rings. The highest BCUT2D eigenvalue weighted by Crippen LogP contribution is 2.39. The molecule has 0 radical (unpaired) electrons. The van der Waals surface area contributed by atoms with Crippen LogP contribution in [0, 0.1) is 5.41 Å². The van der Waals surface area contributed by atoms with Crippen molar-refractivity contribution in [2.24, 2.45) is 5.41 Å². The Morgan fingerprint density at radius 2 is 1.83 bits per heavy atom. The zero-order valence-corrected chi connectivity index (χ0v) is 7.76. The van der Waals surface area contributed by atoms with Gasteiger partial charge in [-0.2, -0.15) is 0 Å². The van der Waals surface area contributed by atoms with Crippen LogP contribution in [0.4, 0.5) is 0 Å². The van der Waals surface area contributed by atoms with E-state index in [0.29, 0.717) is 5.41 Å². The van der Waals surface area contributed by atoms with Gasteiger partial charge in [-0.3, -0.25) is 0 Å². The van der Waals surface area contributed by atoms with Gasteiger partial charge in [-0.1, -0.05) is 24.3 Å². The predicted molar refractivity (Wildman–Crippen MR) is 55.1 cm³/mol. The lowest BCUT2D eigenvalue weighted by molar-refractivity contribution is 0.264. The molecule has 0 spiro atoms. The smallest absolute Gasteiger partial charge is 0.0191 e. The summed E-state index contributed by atoms with van der Waals surface area (Å²) < 4.78 is 0. The fourth-order valence-corrected chi connectivity index (χ4v) is 2.01. The summed E-state index contributed by atoms with van der Waals surface area (Å²) in [6.45, 7) is 7.65. The van der Waals surface area contributed by atoms with Crippen LogP contribution < -0.4 is 0 Å². The van der Waals surface area contributed by atoms with Crippen LogP contribution in [0.15, 0.2) is 37.5 Å². The number of hydrogen-bond acceptors (Lipinski definition) is 0. The van der Waals surface area contributed by atoms with Gasteiger partial charge >= 0.3 is 0 Å². The number of allylic oxidation sites excluding steroid dienone is 4. The second kappa shape index (κ2) is 4.30. The van der Waals surface area contributed by atoms with Gasteiger partial charge in [-0.15, -0.1) is 13.2 Å².